The molecule has 0 heterocycles. The molecule has 0 aliphatic heterocycles. The first-order valence-electron chi connectivity index (χ1n) is 5.15. The van der Waals surface area contributed by atoms with Gasteiger partial charge in [-0.05, 0) is 24.1 Å². The summed E-state index contributed by atoms with van der Waals surface area (Å²) in [6.45, 7) is 2.08. The Balaban J connectivity index is 2.72. The summed E-state index contributed by atoms with van der Waals surface area (Å²) in [6, 6.07) is 5.11. The van der Waals surface area contributed by atoms with E-state index in [-0.39, 0.29) is 17.9 Å². The lowest BCUT2D eigenvalue weighted by atomic mass is 10.1. The van der Waals surface area contributed by atoms with Gasteiger partial charge in [0.05, 0.1) is 11.5 Å². The fourth-order valence-electron chi connectivity index (χ4n) is 1.20. The zero-order chi connectivity index (χ0) is 12.8. The monoisotopic (exact) mass is 239 g/mol. The molecule has 1 N–H and O–H groups in total. The van der Waals surface area contributed by atoms with Crippen molar-refractivity contribution in [3.05, 3.63) is 39.9 Å². The van der Waals surface area contributed by atoms with Crippen LogP contribution in [0.1, 0.15) is 25.0 Å². The molecule has 1 rings (SSSR count). The molecule has 6 heteroatoms. The van der Waals surface area contributed by atoms with Gasteiger partial charge in [-0.3, -0.25) is 10.1 Å². The van der Waals surface area contributed by atoms with Gasteiger partial charge >= 0.3 is 5.97 Å². The summed E-state index contributed by atoms with van der Waals surface area (Å²) < 4.78 is 4.76. The Kier molecular flexibility index (Phi) is 4.59. The van der Waals surface area contributed by atoms with Crippen LogP contribution >= 0.6 is 0 Å². The summed E-state index contributed by atoms with van der Waals surface area (Å²) in [5.74, 6) is -0.749. The molecule has 0 radical (unpaired) electrons. The Morgan fingerprint density at radius 1 is 1.47 bits per heavy atom. The van der Waals surface area contributed by atoms with Crippen molar-refractivity contribution in [3.8, 4) is 0 Å². The van der Waals surface area contributed by atoms with Crippen LogP contribution in [0.4, 0.5) is 5.69 Å². The predicted octanol–water partition coefficient (Wildman–Crippen LogP) is 1.58. The second-order valence-corrected chi connectivity index (χ2v) is 3.42. The molecule has 92 valence electrons. The van der Waals surface area contributed by atoms with Gasteiger partial charge in [0, 0.05) is 12.1 Å². The van der Waals surface area contributed by atoms with Crippen LogP contribution in [0.5, 0.6) is 0 Å². The van der Waals surface area contributed by atoms with Crippen molar-refractivity contribution in [2.24, 2.45) is 0 Å². The van der Waals surface area contributed by atoms with Crippen LogP contribution in [0.15, 0.2) is 24.3 Å². The van der Waals surface area contributed by atoms with E-state index >= 15 is 0 Å². The molecular weight excluding hydrogens is 226 g/mol. The lowest BCUT2D eigenvalue weighted by Gasteiger charge is -2.09. The van der Waals surface area contributed by atoms with Crippen LogP contribution in [0, 0.1) is 10.1 Å². The predicted molar refractivity (Wildman–Crippen MR) is 59.3 cm³/mol. The second-order valence-electron chi connectivity index (χ2n) is 3.42. The smallest absolute Gasteiger partial charge is 0.339 e. The number of hydrogen-bond acceptors (Lipinski definition) is 5. The number of nitro benzene ring substituents is 1. The highest BCUT2D eigenvalue weighted by Gasteiger charge is 2.19. The number of rotatable bonds is 5. The topological polar surface area (TPSA) is 89.7 Å². The molecule has 0 amide bonds. The number of nitro groups is 1. The van der Waals surface area contributed by atoms with E-state index in [4.69, 9.17) is 4.74 Å². The molecule has 17 heavy (non-hydrogen) atoms. The van der Waals surface area contributed by atoms with Crippen molar-refractivity contribution in [1.29, 1.82) is 0 Å². The van der Waals surface area contributed by atoms with Crippen molar-refractivity contribution in [2.75, 3.05) is 6.61 Å². The maximum atomic E-state index is 11.3. The highest BCUT2D eigenvalue weighted by Crippen LogP contribution is 2.18. The Bertz CT molecular complexity index is 401. The van der Waals surface area contributed by atoms with Crippen LogP contribution < -0.4 is 0 Å². The molecule has 1 unspecified atom stereocenters. The first-order chi connectivity index (χ1) is 8.06. The van der Waals surface area contributed by atoms with Crippen molar-refractivity contribution < 1.29 is 19.6 Å². The van der Waals surface area contributed by atoms with Crippen LogP contribution in [0.3, 0.4) is 0 Å². The SMILES string of the molecule is CCCOC(=O)C(O)c1ccc([N+](=O)[O-])cc1. The second kappa shape index (κ2) is 5.95. The summed E-state index contributed by atoms with van der Waals surface area (Å²) in [4.78, 5) is 21.2. The standard InChI is InChI=1S/C11H13NO5/c1-2-7-17-11(14)10(13)8-3-5-9(6-4-8)12(15)16/h3-6,10,13H,2,7H2,1H3. The van der Waals surface area contributed by atoms with Crippen molar-refractivity contribution in [3.63, 3.8) is 0 Å². The molecule has 0 saturated carbocycles. The Labute approximate surface area is 98.0 Å². The quantitative estimate of drug-likeness (QED) is 0.478. The van der Waals surface area contributed by atoms with Gasteiger partial charge in [-0.25, -0.2) is 4.79 Å². The van der Waals surface area contributed by atoms with Crippen LogP contribution in [-0.2, 0) is 9.53 Å². The summed E-state index contributed by atoms with van der Waals surface area (Å²) in [6.07, 6.45) is -0.735. The molecule has 0 spiro atoms. The minimum atomic E-state index is -1.40. The minimum absolute atomic E-state index is 0.0946. The molecule has 0 aromatic heterocycles. The molecular formula is C11H13NO5. The molecule has 0 saturated heterocycles. The van der Waals surface area contributed by atoms with Crippen LogP contribution in [0.25, 0.3) is 0 Å². The number of aliphatic hydroxyl groups is 1. The van der Waals surface area contributed by atoms with Gasteiger partial charge in [0.25, 0.3) is 5.69 Å². The Morgan fingerprint density at radius 3 is 2.53 bits per heavy atom. The van der Waals surface area contributed by atoms with Crippen LogP contribution in [-0.4, -0.2) is 22.6 Å². The number of aliphatic hydroxyl groups excluding tert-OH is 1. The third kappa shape index (κ3) is 3.53. The van der Waals surface area contributed by atoms with E-state index in [9.17, 15) is 20.0 Å². The molecule has 0 aliphatic carbocycles. The zero-order valence-electron chi connectivity index (χ0n) is 9.33. The molecule has 0 aliphatic rings. The van der Waals surface area contributed by atoms with E-state index in [1.807, 2.05) is 6.92 Å². The Hall–Kier alpha value is -1.95. The lowest BCUT2D eigenvalue weighted by molar-refractivity contribution is -0.384. The van der Waals surface area contributed by atoms with E-state index in [0.29, 0.717) is 6.42 Å². The van der Waals surface area contributed by atoms with Gasteiger partial charge in [-0.15, -0.1) is 0 Å². The molecule has 0 fully saturated rings. The van der Waals surface area contributed by atoms with Gasteiger partial charge < -0.3 is 9.84 Å². The highest BCUT2D eigenvalue weighted by atomic mass is 16.6. The number of esters is 1. The maximum absolute atomic E-state index is 11.3. The molecule has 6 nitrogen and oxygen atoms in total. The number of ether oxygens (including phenoxy) is 1. The van der Waals surface area contributed by atoms with E-state index in [2.05, 4.69) is 0 Å². The first-order valence-corrected chi connectivity index (χ1v) is 5.15. The first kappa shape index (κ1) is 13.1. The van der Waals surface area contributed by atoms with E-state index in [1.54, 1.807) is 0 Å². The van der Waals surface area contributed by atoms with E-state index in [1.165, 1.54) is 24.3 Å². The van der Waals surface area contributed by atoms with Crippen molar-refractivity contribution in [2.45, 2.75) is 19.4 Å². The number of carbonyl (C=O) groups is 1. The highest BCUT2D eigenvalue weighted by molar-refractivity contribution is 5.76. The van der Waals surface area contributed by atoms with Gasteiger partial charge in [0.2, 0.25) is 0 Å². The number of nitrogens with zero attached hydrogens (tertiary/aromatic N) is 1. The summed E-state index contributed by atoms with van der Waals surface area (Å²) in [5, 5.41) is 20.0. The van der Waals surface area contributed by atoms with Gasteiger partial charge in [0.1, 0.15) is 0 Å². The van der Waals surface area contributed by atoms with Gasteiger partial charge in [-0.1, -0.05) is 6.92 Å². The van der Waals surface area contributed by atoms with Gasteiger partial charge in [-0.2, -0.15) is 0 Å². The molecule has 1 aromatic rings. The van der Waals surface area contributed by atoms with Crippen molar-refractivity contribution in [1.82, 2.24) is 0 Å². The number of non-ortho nitro benzene ring substituents is 1. The third-order valence-electron chi connectivity index (χ3n) is 2.09. The minimum Gasteiger partial charge on any atom is -0.464 e. The summed E-state index contributed by atoms with van der Waals surface area (Å²) in [7, 11) is 0. The number of benzene rings is 1. The normalized spacial score (nSPS) is 11.9. The fraction of sp³-hybridized carbons (Fsp3) is 0.364. The van der Waals surface area contributed by atoms with Gasteiger partial charge in [0.15, 0.2) is 6.10 Å². The maximum Gasteiger partial charge on any atom is 0.339 e. The third-order valence-corrected chi connectivity index (χ3v) is 2.09. The number of hydrogen-bond donors (Lipinski definition) is 1. The molecule has 1 atom stereocenters. The summed E-state index contributed by atoms with van der Waals surface area (Å²) in [5.41, 5.74) is 0.180. The largest absolute Gasteiger partial charge is 0.464 e. The number of carbonyl (C=O) groups excluding carboxylic acids is 1. The Morgan fingerprint density at radius 2 is 2.06 bits per heavy atom. The lowest BCUT2D eigenvalue weighted by Crippen LogP contribution is -2.15. The van der Waals surface area contributed by atoms with Crippen LogP contribution in [0.2, 0.25) is 0 Å². The molecule has 1 aromatic carbocycles. The van der Waals surface area contributed by atoms with Crippen molar-refractivity contribution >= 4 is 11.7 Å². The average molecular weight is 239 g/mol. The zero-order valence-corrected chi connectivity index (χ0v) is 9.33. The van der Waals surface area contributed by atoms with E-state index < -0.39 is 17.0 Å². The fourth-order valence-corrected chi connectivity index (χ4v) is 1.20. The summed E-state index contributed by atoms with van der Waals surface area (Å²) >= 11 is 0. The molecule has 0 bridgehead atoms. The van der Waals surface area contributed by atoms with E-state index in [0.717, 1.165) is 0 Å². The average Bonchev–Trinajstić information content (AvgIpc) is 2.35.